The molecule has 3 heterocycles. The lowest BCUT2D eigenvalue weighted by Crippen LogP contribution is -1.99. The average Bonchev–Trinajstić information content (AvgIpc) is 3.76. The summed E-state index contributed by atoms with van der Waals surface area (Å²) in [5.74, 6) is 0. The van der Waals surface area contributed by atoms with Crippen LogP contribution in [0.2, 0.25) is 0 Å². The van der Waals surface area contributed by atoms with Gasteiger partial charge in [-0.3, -0.25) is 0 Å². The molecular weight excluding hydrogens is 565 g/mol. The van der Waals surface area contributed by atoms with Crippen LogP contribution in [0.15, 0.2) is 158 Å². The van der Waals surface area contributed by atoms with Crippen molar-refractivity contribution < 1.29 is 0 Å². The Kier molecular flexibility index (Phi) is 5.19. The van der Waals surface area contributed by atoms with Crippen molar-refractivity contribution in [3.05, 3.63) is 158 Å². The molecule has 7 aromatic carbocycles. The van der Waals surface area contributed by atoms with E-state index in [0.717, 1.165) is 5.69 Å². The minimum Gasteiger partial charge on any atom is -0.307 e. The van der Waals surface area contributed by atoms with Crippen molar-refractivity contribution in [2.24, 2.45) is 0 Å². The second kappa shape index (κ2) is 9.43. The molecule has 0 bridgehead atoms. The molecule has 0 atom stereocenters. The van der Waals surface area contributed by atoms with Crippen LogP contribution in [0.5, 0.6) is 0 Å². The predicted octanol–water partition coefficient (Wildman–Crippen LogP) is 11.9. The minimum absolute atomic E-state index is 1.16. The van der Waals surface area contributed by atoms with Gasteiger partial charge in [-0.15, -0.1) is 11.3 Å². The number of fused-ring (bicyclic) bond motifs is 10. The monoisotopic (exact) mass is 590 g/mol. The van der Waals surface area contributed by atoms with Gasteiger partial charge in [-0.05, 0) is 53.6 Å². The number of benzene rings is 7. The van der Waals surface area contributed by atoms with Gasteiger partial charge < -0.3 is 9.13 Å². The summed E-state index contributed by atoms with van der Waals surface area (Å²) in [6.07, 6.45) is 0. The van der Waals surface area contributed by atoms with Gasteiger partial charge in [0.1, 0.15) is 0 Å². The van der Waals surface area contributed by atoms with E-state index < -0.39 is 0 Å². The van der Waals surface area contributed by atoms with Crippen molar-refractivity contribution in [3.8, 4) is 22.5 Å². The molecule has 3 aromatic heterocycles. The SMILES string of the molecule is c1ccc(-c2cccc(-n3c4ccccc4c4ccc5c6ccccc6n(-c6cccc7sc8ccccc8c67)c5c43)c2)cc1. The van der Waals surface area contributed by atoms with Crippen LogP contribution in [-0.4, -0.2) is 9.13 Å². The zero-order valence-corrected chi connectivity index (χ0v) is 25.1. The van der Waals surface area contributed by atoms with E-state index in [2.05, 4.69) is 167 Å². The van der Waals surface area contributed by atoms with Crippen LogP contribution >= 0.6 is 11.3 Å². The van der Waals surface area contributed by atoms with Crippen LogP contribution in [0.25, 0.3) is 86.3 Å². The molecule has 0 aliphatic rings. The van der Waals surface area contributed by atoms with Gasteiger partial charge in [-0.2, -0.15) is 0 Å². The summed E-state index contributed by atoms with van der Waals surface area (Å²) in [7, 11) is 0. The first-order valence-electron chi connectivity index (χ1n) is 15.4. The molecule has 0 saturated carbocycles. The van der Waals surface area contributed by atoms with Crippen molar-refractivity contribution in [1.82, 2.24) is 9.13 Å². The van der Waals surface area contributed by atoms with E-state index in [1.165, 1.54) is 80.6 Å². The highest BCUT2D eigenvalue weighted by atomic mass is 32.1. The summed E-state index contributed by atoms with van der Waals surface area (Å²) in [5, 5.41) is 7.66. The molecule has 210 valence electrons. The molecule has 0 saturated heterocycles. The molecule has 0 spiro atoms. The average molecular weight is 591 g/mol. The Labute approximate surface area is 263 Å². The molecule has 0 unspecified atom stereocenters. The molecule has 10 aromatic rings. The Morgan fingerprint density at radius 2 is 0.956 bits per heavy atom. The summed E-state index contributed by atoms with van der Waals surface area (Å²) in [4.78, 5) is 0. The summed E-state index contributed by atoms with van der Waals surface area (Å²) in [6, 6.07) is 57.6. The third kappa shape index (κ3) is 3.50. The van der Waals surface area contributed by atoms with Crippen molar-refractivity contribution >= 4 is 75.1 Å². The van der Waals surface area contributed by atoms with E-state index in [1.807, 2.05) is 11.3 Å². The van der Waals surface area contributed by atoms with Gasteiger partial charge in [0, 0.05) is 47.4 Å². The quantitative estimate of drug-likeness (QED) is 0.194. The standard InChI is InChI=1S/C42H26N2S/c1-2-12-27(13-3-1)28-14-10-15-29(26-28)43-35-19-7-4-16-30(35)32-24-25-33-31-17-5-8-20-36(31)44(42(33)41(32)43)37-21-11-23-39-40(37)34-18-6-9-22-38(34)45-39/h1-26H. The van der Waals surface area contributed by atoms with Crippen LogP contribution in [0.3, 0.4) is 0 Å². The fourth-order valence-corrected chi connectivity index (χ4v) is 8.54. The number of rotatable bonds is 3. The Balaban J connectivity index is 1.41. The molecule has 2 nitrogen and oxygen atoms in total. The fourth-order valence-electron chi connectivity index (χ4n) is 7.42. The molecular formula is C42H26N2S. The van der Waals surface area contributed by atoms with Gasteiger partial charge in [0.05, 0.1) is 27.8 Å². The van der Waals surface area contributed by atoms with Crippen molar-refractivity contribution in [2.75, 3.05) is 0 Å². The van der Waals surface area contributed by atoms with Crippen molar-refractivity contribution in [2.45, 2.75) is 0 Å². The molecule has 10 rings (SSSR count). The van der Waals surface area contributed by atoms with Crippen LogP contribution in [0.1, 0.15) is 0 Å². The van der Waals surface area contributed by atoms with Crippen LogP contribution < -0.4 is 0 Å². The smallest absolute Gasteiger partial charge is 0.0789 e. The normalized spacial score (nSPS) is 12.0. The second-order valence-corrected chi connectivity index (χ2v) is 12.8. The Hall–Kier alpha value is -5.64. The van der Waals surface area contributed by atoms with E-state index in [-0.39, 0.29) is 0 Å². The summed E-state index contributed by atoms with van der Waals surface area (Å²) < 4.78 is 7.65. The molecule has 0 fully saturated rings. The minimum atomic E-state index is 1.16. The molecule has 0 radical (unpaired) electrons. The topological polar surface area (TPSA) is 9.86 Å². The zero-order chi connectivity index (χ0) is 29.5. The molecule has 0 aliphatic carbocycles. The number of aromatic nitrogens is 2. The van der Waals surface area contributed by atoms with Crippen molar-refractivity contribution in [1.29, 1.82) is 0 Å². The van der Waals surface area contributed by atoms with Gasteiger partial charge in [-0.25, -0.2) is 0 Å². The molecule has 45 heavy (non-hydrogen) atoms. The maximum absolute atomic E-state index is 2.53. The first-order valence-corrected chi connectivity index (χ1v) is 16.2. The first kappa shape index (κ1) is 24.8. The third-order valence-corrected chi connectivity index (χ3v) is 10.4. The third-order valence-electron chi connectivity index (χ3n) is 9.30. The highest BCUT2D eigenvalue weighted by Crippen LogP contribution is 2.44. The van der Waals surface area contributed by atoms with E-state index in [0.29, 0.717) is 0 Å². The number of thiophene rings is 1. The van der Waals surface area contributed by atoms with E-state index in [4.69, 9.17) is 0 Å². The van der Waals surface area contributed by atoms with Crippen LogP contribution in [-0.2, 0) is 0 Å². The fraction of sp³-hybridized carbons (Fsp3) is 0. The first-order chi connectivity index (χ1) is 22.3. The Bertz CT molecular complexity index is 2760. The lowest BCUT2D eigenvalue weighted by atomic mass is 10.1. The number of hydrogen-bond acceptors (Lipinski definition) is 1. The van der Waals surface area contributed by atoms with Gasteiger partial charge in [0.2, 0.25) is 0 Å². The highest BCUT2D eigenvalue weighted by molar-refractivity contribution is 7.25. The summed E-state index contributed by atoms with van der Waals surface area (Å²) in [6.45, 7) is 0. The summed E-state index contributed by atoms with van der Waals surface area (Å²) in [5.41, 5.74) is 9.70. The number of hydrogen-bond donors (Lipinski definition) is 0. The second-order valence-electron chi connectivity index (χ2n) is 11.7. The Morgan fingerprint density at radius 3 is 1.73 bits per heavy atom. The van der Waals surface area contributed by atoms with Crippen LogP contribution in [0.4, 0.5) is 0 Å². The molecule has 0 amide bonds. The Morgan fingerprint density at radius 1 is 0.378 bits per heavy atom. The lowest BCUT2D eigenvalue weighted by molar-refractivity contribution is 1.16. The molecule has 3 heteroatoms. The van der Waals surface area contributed by atoms with Gasteiger partial charge in [0.25, 0.3) is 0 Å². The maximum atomic E-state index is 2.53. The largest absolute Gasteiger partial charge is 0.307 e. The molecule has 0 aliphatic heterocycles. The van der Waals surface area contributed by atoms with Crippen LogP contribution in [0, 0.1) is 0 Å². The van der Waals surface area contributed by atoms with Gasteiger partial charge in [-0.1, -0.05) is 115 Å². The molecule has 0 N–H and O–H groups in total. The van der Waals surface area contributed by atoms with Crippen molar-refractivity contribution in [3.63, 3.8) is 0 Å². The lowest BCUT2D eigenvalue weighted by Gasteiger charge is -2.14. The van der Waals surface area contributed by atoms with Gasteiger partial charge >= 0.3 is 0 Å². The predicted molar refractivity (Wildman–Crippen MR) is 193 cm³/mol. The van der Waals surface area contributed by atoms with E-state index in [1.54, 1.807) is 0 Å². The maximum Gasteiger partial charge on any atom is 0.0789 e. The number of nitrogens with zero attached hydrogens (tertiary/aromatic N) is 2. The summed E-state index contributed by atoms with van der Waals surface area (Å²) >= 11 is 1.87. The zero-order valence-electron chi connectivity index (χ0n) is 24.3. The number of para-hydroxylation sites is 2. The van der Waals surface area contributed by atoms with E-state index in [9.17, 15) is 0 Å². The highest BCUT2D eigenvalue weighted by Gasteiger charge is 2.22. The van der Waals surface area contributed by atoms with Gasteiger partial charge in [0.15, 0.2) is 0 Å². The van der Waals surface area contributed by atoms with E-state index >= 15 is 0 Å².